The Morgan fingerprint density at radius 3 is 2.14 bits per heavy atom. The first-order chi connectivity index (χ1) is 20.5. The zero-order valence-electron chi connectivity index (χ0n) is 26.0. The van der Waals surface area contributed by atoms with Gasteiger partial charge in [0.25, 0.3) is 0 Å². The molecule has 0 unspecified atom stereocenters. The van der Waals surface area contributed by atoms with E-state index in [0.717, 1.165) is 29.4 Å². The van der Waals surface area contributed by atoms with Crippen molar-refractivity contribution in [2.24, 2.45) is 0 Å². The SMILES string of the molecule is CCOc1ccc(N(CCCC(=O)N(Cc2ccc(C)cc2)[C@@H](Cc2ccccc2)C(=O)N[C@H](C)CC)S(C)(=O)=O)cc1. The van der Waals surface area contributed by atoms with E-state index < -0.39 is 16.1 Å². The minimum absolute atomic E-state index is 0.0421. The molecule has 9 heteroatoms. The van der Waals surface area contributed by atoms with Crippen molar-refractivity contribution in [1.29, 1.82) is 0 Å². The Kier molecular flexibility index (Phi) is 12.6. The summed E-state index contributed by atoms with van der Waals surface area (Å²) in [6.45, 7) is 8.74. The van der Waals surface area contributed by atoms with Crippen LogP contribution in [0.4, 0.5) is 5.69 Å². The van der Waals surface area contributed by atoms with Crippen LogP contribution in [0, 0.1) is 6.92 Å². The van der Waals surface area contributed by atoms with Crippen molar-refractivity contribution in [1.82, 2.24) is 10.2 Å². The monoisotopic (exact) mass is 607 g/mol. The van der Waals surface area contributed by atoms with Crippen molar-refractivity contribution in [2.75, 3.05) is 23.7 Å². The Morgan fingerprint density at radius 1 is 0.907 bits per heavy atom. The summed E-state index contributed by atoms with van der Waals surface area (Å²) >= 11 is 0. The highest BCUT2D eigenvalue weighted by molar-refractivity contribution is 7.92. The van der Waals surface area contributed by atoms with E-state index in [-0.39, 0.29) is 43.8 Å². The van der Waals surface area contributed by atoms with Crippen LogP contribution in [0.5, 0.6) is 5.75 Å². The third-order valence-corrected chi connectivity index (χ3v) is 8.53. The first-order valence-electron chi connectivity index (χ1n) is 14.9. The second-order valence-electron chi connectivity index (χ2n) is 10.9. The number of hydrogen-bond acceptors (Lipinski definition) is 5. The molecule has 0 fully saturated rings. The summed E-state index contributed by atoms with van der Waals surface area (Å²) in [4.78, 5) is 29.3. The fourth-order valence-electron chi connectivity index (χ4n) is 4.76. The van der Waals surface area contributed by atoms with E-state index in [9.17, 15) is 18.0 Å². The number of rotatable bonds is 16. The molecule has 0 spiro atoms. The first-order valence-corrected chi connectivity index (χ1v) is 16.8. The maximum Gasteiger partial charge on any atom is 0.243 e. The molecule has 0 aliphatic rings. The number of nitrogens with one attached hydrogen (secondary N) is 1. The number of sulfonamides is 1. The van der Waals surface area contributed by atoms with Gasteiger partial charge in [0.05, 0.1) is 18.6 Å². The van der Waals surface area contributed by atoms with Crippen molar-refractivity contribution in [3.8, 4) is 5.75 Å². The molecule has 0 saturated carbocycles. The van der Waals surface area contributed by atoms with Crippen LogP contribution < -0.4 is 14.4 Å². The maximum absolute atomic E-state index is 14.0. The highest BCUT2D eigenvalue weighted by Gasteiger charge is 2.31. The number of carbonyl (C=O) groups is 2. The molecule has 3 aromatic rings. The van der Waals surface area contributed by atoms with Gasteiger partial charge in [0, 0.05) is 32.0 Å². The molecule has 2 atom stereocenters. The molecule has 43 heavy (non-hydrogen) atoms. The van der Waals surface area contributed by atoms with Crippen LogP contribution in [0.1, 0.15) is 56.7 Å². The smallest absolute Gasteiger partial charge is 0.243 e. The minimum Gasteiger partial charge on any atom is -0.494 e. The Hall–Kier alpha value is -3.85. The summed E-state index contributed by atoms with van der Waals surface area (Å²) < 4.78 is 32.2. The van der Waals surface area contributed by atoms with Crippen LogP contribution in [0.2, 0.25) is 0 Å². The summed E-state index contributed by atoms with van der Waals surface area (Å²) in [5.74, 6) is 0.244. The van der Waals surface area contributed by atoms with Gasteiger partial charge < -0.3 is 15.0 Å². The van der Waals surface area contributed by atoms with Crippen molar-refractivity contribution in [3.63, 3.8) is 0 Å². The summed E-state index contributed by atoms with van der Waals surface area (Å²) in [6.07, 6.45) is 2.65. The summed E-state index contributed by atoms with van der Waals surface area (Å²) in [6, 6.07) is 23.7. The van der Waals surface area contributed by atoms with Gasteiger partial charge in [-0.25, -0.2) is 8.42 Å². The van der Waals surface area contributed by atoms with Gasteiger partial charge in [-0.3, -0.25) is 13.9 Å². The highest BCUT2D eigenvalue weighted by atomic mass is 32.2. The lowest BCUT2D eigenvalue weighted by atomic mass is 10.0. The Morgan fingerprint density at radius 2 is 1.56 bits per heavy atom. The number of ether oxygens (including phenoxy) is 1. The fraction of sp³-hybridized carbons (Fsp3) is 0.412. The van der Waals surface area contributed by atoms with Crippen molar-refractivity contribution in [2.45, 2.75) is 72.0 Å². The number of benzene rings is 3. The van der Waals surface area contributed by atoms with E-state index in [1.165, 1.54) is 4.31 Å². The first kappa shape index (κ1) is 33.6. The Bertz CT molecular complexity index is 1410. The molecule has 1 N–H and O–H groups in total. The van der Waals surface area contributed by atoms with Gasteiger partial charge in [0.15, 0.2) is 0 Å². The van der Waals surface area contributed by atoms with Gasteiger partial charge >= 0.3 is 0 Å². The topological polar surface area (TPSA) is 96.0 Å². The molecule has 0 saturated heterocycles. The molecule has 3 aromatic carbocycles. The van der Waals surface area contributed by atoms with E-state index >= 15 is 0 Å². The van der Waals surface area contributed by atoms with Gasteiger partial charge in [-0.15, -0.1) is 0 Å². The van der Waals surface area contributed by atoms with Gasteiger partial charge in [-0.05, 0) is 69.0 Å². The van der Waals surface area contributed by atoms with Crippen LogP contribution >= 0.6 is 0 Å². The van der Waals surface area contributed by atoms with Gasteiger partial charge in [0.1, 0.15) is 11.8 Å². The number of hydrogen-bond donors (Lipinski definition) is 1. The van der Waals surface area contributed by atoms with Crippen LogP contribution in [-0.4, -0.2) is 56.6 Å². The van der Waals surface area contributed by atoms with E-state index in [1.54, 1.807) is 29.2 Å². The van der Waals surface area contributed by atoms with Crippen LogP contribution in [-0.2, 0) is 32.6 Å². The molecule has 0 bridgehead atoms. The molecule has 0 aliphatic heterocycles. The number of aryl methyl sites for hydroxylation is 1. The second-order valence-corrected chi connectivity index (χ2v) is 12.8. The quantitative estimate of drug-likeness (QED) is 0.232. The predicted molar refractivity (Wildman–Crippen MR) is 173 cm³/mol. The lowest BCUT2D eigenvalue weighted by molar-refractivity contribution is -0.141. The molecule has 0 heterocycles. The average molecular weight is 608 g/mol. The summed E-state index contributed by atoms with van der Waals surface area (Å²) in [5.41, 5.74) is 3.48. The number of carbonyl (C=O) groups excluding carboxylic acids is 2. The van der Waals surface area contributed by atoms with Gasteiger partial charge in [0.2, 0.25) is 21.8 Å². The van der Waals surface area contributed by atoms with E-state index in [4.69, 9.17) is 4.74 Å². The van der Waals surface area contributed by atoms with Crippen LogP contribution in [0.3, 0.4) is 0 Å². The van der Waals surface area contributed by atoms with Crippen molar-refractivity contribution < 1.29 is 22.7 Å². The van der Waals surface area contributed by atoms with E-state index in [1.807, 2.05) is 82.3 Å². The molecule has 0 aliphatic carbocycles. The summed E-state index contributed by atoms with van der Waals surface area (Å²) in [5, 5.41) is 3.08. The molecule has 3 rings (SSSR count). The zero-order valence-corrected chi connectivity index (χ0v) is 26.8. The third-order valence-electron chi connectivity index (χ3n) is 7.33. The number of anilines is 1. The van der Waals surface area contributed by atoms with Crippen molar-refractivity contribution >= 4 is 27.5 Å². The van der Waals surface area contributed by atoms with Gasteiger partial charge in [-0.1, -0.05) is 67.1 Å². The minimum atomic E-state index is -3.60. The zero-order chi connectivity index (χ0) is 31.4. The van der Waals surface area contributed by atoms with Crippen molar-refractivity contribution in [3.05, 3.63) is 95.6 Å². The molecule has 8 nitrogen and oxygen atoms in total. The van der Waals surface area contributed by atoms with E-state index in [2.05, 4.69) is 5.32 Å². The highest BCUT2D eigenvalue weighted by Crippen LogP contribution is 2.23. The lowest BCUT2D eigenvalue weighted by Gasteiger charge is -2.32. The molecular formula is C34H45N3O5S. The van der Waals surface area contributed by atoms with Crippen LogP contribution in [0.15, 0.2) is 78.9 Å². The summed E-state index contributed by atoms with van der Waals surface area (Å²) in [7, 11) is -3.60. The number of nitrogens with zero attached hydrogens (tertiary/aromatic N) is 2. The lowest BCUT2D eigenvalue weighted by Crippen LogP contribution is -2.52. The fourth-order valence-corrected chi connectivity index (χ4v) is 5.73. The standard InChI is InChI=1S/C34H45N3O5S/c1-6-27(4)35-34(39)32(24-28-12-9-8-10-13-28)36(25-29-17-15-26(3)16-18-29)33(38)14-11-23-37(43(5,40)41)30-19-21-31(22-20-30)42-7-2/h8-10,12-13,15-22,27,32H,6-7,11,14,23-25H2,1-5H3,(H,35,39)/t27-,32+/m1/s1. The molecular weight excluding hydrogens is 562 g/mol. The normalized spacial score (nSPS) is 12.7. The Labute approximate surface area is 257 Å². The molecule has 232 valence electrons. The average Bonchev–Trinajstić information content (AvgIpc) is 2.98. The van der Waals surface area contributed by atoms with E-state index in [0.29, 0.717) is 24.5 Å². The predicted octanol–water partition coefficient (Wildman–Crippen LogP) is 5.49. The van der Waals surface area contributed by atoms with Gasteiger partial charge in [-0.2, -0.15) is 0 Å². The second kappa shape index (κ2) is 16.1. The maximum atomic E-state index is 14.0. The Balaban J connectivity index is 1.86. The third kappa shape index (κ3) is 10.4. The van der Waals surface area contributed by atoms with Crippen LogP contribution in [0.25, 0.3) is 0 Å². The largest absolute Gasteiger partial charge is 0.494 e. The number of amides is 2. The molecule has 0 aromatic heterocycles. The molecule has 2 amide bonds. The molecule has 0 radical (unpaired) electrons.